The lowest BCUT2D eigenvalue weighted by atomic mass is 10.2. The monoisotopic (exact) mass is 339 g/mol. The first-order valence-electron chi connectivity index (χ1n) is 5.35. The van der Waals surface area contributed by atoms with E-state index in [0.717, 1.165) is 12.1 Å². The number of alkyl halides is 3. The fraction of sp³-hybridized carbons (Fsp3) is 0.182. The maximum Gasteiger partial charge on any atom is 0.416 e. The van der Waals surface area contributed by atoms with Crippen LogP contribution in [-0.4, -0.2) is 23.3 Å². The van der Waals surface area contributed by atoms with Gasteiger partial charge in [-0.3, -0.25) is 9.59 Å². The average molecular weight is 340 g/mol. The minimum absolute atomic E-state index is 0.0243. The lowest BCUT2D eigenvalue weighted by molar-refractivity contribution is -0.137. The molecule has 114 valence electrons. The lowest BCUT2D eigenvalue weighted by Crippen LogP contribution is -2.39. The van der Waals surface area contributed by atoms with E-state index >= 15 is 0 Å². The van der Waals surface area contributed by atoms with E-state index in [0.29, 0.717) is 6.07 Å². The number of benzene rings is 1. The highest BCUT2D eigenvalue weighted by molar-refractivity contribution is 7.80. The van der Waals surface area contributed by atoms with Crippen LogP contribution in [0, 0.1) is 0 Å². The molecule has 10 heteroatoms. The fourth-order valence-corrected chi connectivity index (χ4v) is 1.52. The van der Waals surface area contributed by atoms with Gasteiger partial charge < -0.3 is 16.4 Å². The van der Waals surface area contributed by atoms with Crippen molar-refractivity contribution in [1.82, 2.24) is 5.32 Å². The van der Waals surface area contributed by atoms with Gasteiger partial charge in [-0.05, 0) is 18.2 Å². The van der Waals surface area contributed by atoms with Crippen molar-refractivity contribution in [1.29, 1.82) is 0 Å². The van der Waals surface area contributed by atoms with Gasteiger partial charge in [-0.25, -0.2) is 0 Å². The lowest BCUT2D eigenvalue weighted by Gasteiger charge is -2.11. The number of nitrogens with one attached hydrogen (secondary N) is 2. The molecule has 0 unspecified atom stereocenters. The molecule has 0 saturated heterocycles. The molecule has 4 N–H and O–H groups in total. The Kier molecular flexibility index (Phi) is 5.50. The average Bonchev–Trinajstić information content (AvgIpc) is 2.36. The van der Waals surface area contributed by atoms with Crippen LogP contribution >= 0.6 is 23.8 Å². The van der Waals surface area contributed by atoms with Crippen molar-refractivity contribution in [2.75, 3.05) is 11.9 Å². The summed E-state index contributed by atoms with van der Waals surface area (Å²) in [6, 6.07) is 2.32. The molecule has 0 saturated carbocycles. The van der Waals surface area contributed by atoms with E-state index in [1.807, 2.05) is 0 Å². The molecule has 21 heavy (non-hydrogen) atoms. The number of thiocarbonyl (C=S) groups is 1. The molecule has 0 heterocycles. The van der Waals surface area contributed by atoms with Crippen LogP contribution in [0.3, 0.4) is 0 Å². The van der Waals surface area contributed by atoms with Gasteiger partial charge in [0.25, 0.3) is 0 Å². The third-order valence-electron chi connectivity index (χ3n) is 2.17. The highest BCUT2D eigenvalue weighted by Crippen LogP contribution is 2.33. The van der Waals surface area contributed by atoms with Gasteiger partial charge in [0.05, 0.1) is 27.8 Å². The highest BCUT2D eigenvalue weighted by atomic mass is 35.5. The predicted octanol–water partition coefficient (Wildman–Crippen LogP) is 1.70. The van der Waals surface area contributed by atoms with Gasteiger partial charge in [-0.15, -0.1) is 0 Å². The van der Waals surface area contributed by atoms with Crippen LogP contribution in [0.25, 0.3) is 0 Å². The molecule has 0 aliphatic carbocycles. The van der Waals surface area contributed by atoms with Crippen LogP contribution < -0.4 is 16.4 Å². The molecule has 0 aliphatic heterocycles. The zero-order chi connectivity index (χ0) is 16.2. The van der Waals surface area contributed by atoms with Crippen molar-refractivity contribution >= 4 is 46.3 Å². The molecular weight excluding hydrogens is 331 g/mol. The van der Waals surface area contributed by atoms with Gasteiger partial charge in [0.1, 0.15) is 0 Å². The minimum atomic E-state index is -4.56. The summed E-state index contributed by atoms with van der Waals surface area (Å²) in [7, 11) is 0. The van der Waals surface area contributed by atoms with Gasteiger partial charge in [-0.2, -0.15) is 13.2 Å². The highest BCUT2D eigenvalue weighted by Gasteiger charge is 2.31. The molecule has 0 spiro atoms. The molecule has 5 nitrogen and oxygen atoms in total. The van der Waals surface area contributed by atoms with E-state index in [1.165, 1.54) is 0 Å². The summed E-state index contributed by atoms with van der Waals surface area (Å²) in [4.78, 5) is 22.8. The second-order valence-corrected chi connectivity index (χ2v) is 4.73. The Hall–Kier alpha value is -1.87. The normalized spacial score (nSPS) is 10.9. The Balaban J connectivity index is 2.77. The molecule has 0 bridgehead atoms. The van der Waals surface area contributed by atoms with Crippen molar-refractivity contribution in [3.05, 3.63) is 28.8 Å². The standard InChI is InChI=1S/C11H9ClF3N3O2S/c12-6-3-5(11(13,14)15)1-2-7(6)18-10(20)9(19)17-4-8(16)21/h1-3H,4H2,(H2,16,21)(H,17,19)(H,18,20). The summed E-state index contributed by atoms with van der Waals surface area (Å²) in [5, 5.41) is 3.85. The number of anilines is 1. The SMILES string of the molecule is NC(=S)CNC(=O)C(=O)Nc1ccc(C(F)(F)F)cc1Cl. The van der Waals surface area contributed by atoms with E-state index in [-0.39, 0.29) is 22.2 Å². The third-order valence-corrected chi connectivity index (χ3v) is 2.63. The number of carbonyl (C=O) groups is 2. The van der Waals surface area contributed by atoms with Gasteiger partial charge >= 0.3 is 18.0 Å². The Morgan fingerprint density at radius 1 is 1.29 bits per heavy atom. The number of hydrogen-bond acceptors (Lipinski definition) is 3. The van der Waals surface area contributed by atoms with Crippen LogP contribution in [0.15, 0.2) is 18.2 Å². The molecule has 0 aliphatic rings. The Bertz CT molecular complexity index is 593. The molecule has 0 radical (unpaired) electrons. The number of nitrogens with two attached hydrogens (primary N) is 1. The maximum atomic E-state index is 12.4. The first-order valence-corrected chi connectivity index (χ1v) is 6.14. The van der Waals surface area contributed by atoms with Crippen LogP contribution in [0.2, 0.25) is 5.02 Å². The van der Waals surface area contributed by atoms with Gasteiger partial charge in [0.2, 0.25) is 0 Å². The molecule has 0 aromatic heterocycles. The van der Waals surface area contributed by atoms with E-state index in [2.05, 4.69) is 22.9 Å². The number of carbonyl (C=O) groups excluding carboxylic acids is 2. The van der Waals surface area contributed by atoms with Crippen LogP contribution in [0.5, 0.6) is 0 Å². The molecule has 1 aromatic carbocycles. The van der Waals surface area contributed by atoms with Crippen LogP contribution in [0.1, 0.15) is 5.56 Å². The first-order chi connectivity index (χ1) is 9.61. The summed E-state index contributed by atoms with van der Waals surface area (Å²) >= 11 is 10.1. The van der Waals surface area contributed by atoms with E-state index in [4.69, 9.17) is 17.3 Å². The van der Waals surface area contributed by atoms with E-state index in [9.17, 15) is 22.8 Å². The van der Waals surface area contributed by atoms with Crippen molar-refractivity contribution in [2.24, 2.45) is 5.73 Å². The zero-order valence-electron chi connectivity index (χ0n) is 10.3. The quantitative estimate of drug-likeness (QED) is 0.578. The number of halogens is 4. The summed E-state index contributed by atoms with van der Waals surface area (Å²) < 4.78 is 37.3. The topological polar surface area (TPSA) is 84.2 Å². The molecule has 1 rings (SSSR count). The molecule has 0 fully saturated rings. The summed E-state index contributed by atoms with van der Waals surface area (Å²) in [5.41, 5.74) is 4.04. The molecule has 1 aromatic rings. The maximum absolute atomic E-state index is 12.4. The predicted molar refractivity (Wildman–Crippen MR) is 74.9 cm³/mol. The van der Waals surface area contributed by atoms with Crippen LogP contribution in [-0.2, 0) is 15.8 Å². The smallest absolute Gasteiger partial charge is 0.392 e. The van der Waals surface area contributed by atoms with E-state index in [1.54, 1.807) is 0 Å². The second-order valence-electron chi connectivity index (χ2n) is 3.80. The molecular formula is C11H9ClF3N3O2S. The minimum Gasteiger partial charge on any atom is -0.392 e. The van der Waals surface area contributed by atoms with Crippen molar-refractivity contribution in [3.63, 3.8) is 0 Å². The Morgan fingerprint density at radius 2 is 1.90 bits per heavy atom. The number of amides is 2. The second kappa shape index (κ2) is 6.72. The first kappa shape index (κ1) is 17.2. The fourth-order valence-electron chi connectivity index (χ4n) is 1.22. The van der Waals surface area contributed by atoms with Crippen molar-refractivity contribution in [3.8, 4) is 0 Å². The van der Waals surface area contributed by atoms with E-state index < -0.39 is 23.6 Å². The third kappa shape index (κ3) is 5.20. The zero-order valence-corrected chi connectivity index (χ0v) is 11.8. The Labute approximate surface area is 127 Å². The summed E-state index contributed by atoms with van der Waals surface area (Å²) in [6.45, 7) is -0.178. The van der Waals surface area contributed by atoms with Crippen molar-refractivity contribution < 1.29 is 22.8 Å². The van der Waals surface area contributed by atoms with Crippen molar-refractivity contribution in [2.45, 2.75) is 6.18 Å². The molecule has 0 atom stereocenters. The largest absolute Gasteiger partial charge is 0.416 e. The molecule has 2 amide bonds. The number of hydrogen-bond donors (Lipinski definition) is 3. The number of rotatable bonds is 3. The summed E-state index contributed by atoms with van der Waals surface area (Å²) in [5.74, 6) is -2.15. The van der Waals surface area contributed by atoms with Crippen LogP contribution in [0.4, 0.5) is 18.9 Å². The van der Waals surface area contributed by atoms with Gasteiger partial charge in [-0.1, -0.05) is 23.8 Å². The summed E-state index contributed by atoms with van der Waals surface area (Å²) in [6.07, 6.45) is -4.56. The Morgan fingerprint density at radius 3 is 2.38 bits per heavy atom. The van der Waals surface area contributed by atoms with Gasteiger partial charge in [0, 0.05) is 0 Å². The van der Waals surface area contributed by atoms with Gasteiger partial charge in [0.15, 0.2) is 0 Å².